The van der Waals surface area contributed by atoms with Crippen LogP contribution in [-0.2, 0) is 23.6 Å². The Labute approximate surface area is 169 Å². The van der Waals surface area contributed by atoms with E-state index in [0.29, 0.717) is 32.4 Å². The monoisotopic (exact) mass is 450 g/mol. The molecular formula is C18H19F5N4O2S. The fourth-order valence-electron chi connectivity index (χ4n) is 4.17. The van der Waals surface area contributed by atoms with Gasteiger partial charge in [0.15, 0.2) is 28.2 Å². The Hall–Kier alpha value is -2.05. The minimum Gasteiger partial charge on any atom is -0.337 e. The van der Waals surface area contributed by atoms with Crippen molar-refractivity contribution in [1.29, 1.82) is 0 Å². The Kier molecular flexibility index (Phi) is 5.14. The smallest absolute Gasteiger partial charge is 0.249 e. The predicted molar refractivity (Wildman–Crippen MR) is 95.1 cm³/mol. The second-order valence-electron chi connectivity index (χ2n) is 7.74. The Balaban J connectivity index is 1.82. The number of hydrogen-bond acceptors (Lipinski definition) is 4. The lowest BCUT2D eigenvalue weighted by molar-refractivity contribution is 0.270. The van der Waals surface area contributed by atoms with E-state index in [0.717, 1.165) is 4.31 Å². The van der Waals surface area contributed by atoms with E-state index in [1.54, 1.807) is 13.2 Å². The molecule has 1 aromatic carbocycles. The van der Waals surface area contributed by atoms with E-state index in [1.807, 2.05) is 0 Å². The normalized spacial score (nSPS) is 20.8. The van der Waals surface area contributed by atoms with Gasteiger partial charge in [0, 0.05) is 25.5 Å². The van der Waals surface area contributed by atoms with Gasteiger partial charge in [-0.3, -0.25) is 0 Å². The van der Waals surface area contributed by atoms with Crippen LogP contribution in [-0.4, -0.2) is 41.4 Å². The summed E-state index contributed by atoms with van der Waals surface area (Å²) < 4.78 is 98.6. The number of hydrogen-bond donors (Lipinski definition) is 1. The molecule has 2 aliphatic rings. The molecule has 1 spiro atoms. The van der Waals surface area contributed by atoms with E-state index in [-0.39, 0.29) is 12.4 Å². The number of imidazole rings is 1. The molecule has 1 N–H and O–H groups in total. The van der Waals surface area contributed by atoms with Crippen molar-refractivity contribution in [3.8, 4) is 0 Å². The van der Waals surface area contributed by atoms with Gasteiger partial charge in [-0.1, -0.05) is 0 Å². The maximum Gasteiger partial charge on any atom is 0.249 e. The van der Waals surface area contributed by atoms with Gasteiger partial charge in [0.25, 0.3) is 0 Å². The zero-order valence-corrected chi connectivity index (χ0v) is 16.7. The van der Waals surface area contributed by atoms with Gasteiger partial charge >= 0.3 is 0 Å². The number of piperidine rings is 1. The van der Waals surface area contributed by atoms with E-state index in [9.17, 15) is 30.4 Å². The average Bonchev–Trinajstić information content (AvgIpc) is 3.21. The summed E-state index contributed by atoms with van der Waals surface area (Å²) in [6.45, 7) is 0.940. The van der Waals surface area contributed by atoms with Crippen LogP contribution in [0, 0.1) is 34.5 Å². The van der Waals surface area contributed by atoms with Crippen LogP contribution in [0.2, 0.25) is 0 Å². The second-order valence-corrected chi connectivity index (χ2v) is 9.56. The molecule has 164 valence electrons. The number of halogens is 5. The highest BCUT2D eigenvalue weighted by atomic mass is 32.2. The average molecular weight is 450 g/mol. The van der Waals surface area contributed by atoms with Crippen LogP contribution >= 0.6 is 0 Å². The van der Waals surface area contributed by atoms with Crippen molar-refractivity contribution in [2.45, 2.75) is 36.7 Å². The summed E-state index contributed by atoms with van der Waals surface area (Å²) in [5.41, 5.74) is -0.395. The number of aromatic nitrogens is 2. The molecule has 1 aromatic heterocycles. The first-order valence-corrected chi connectivity index (χ1v) is 10.7. The highest BCUT2D eigenvalue weighted by molar-refractivity contribution is 7.89. The molecule has 1 saturated carbocycles. The summed E-state index contributed by atoms with van der Waals surface area (Å²) in [6.07, 6.45) is 4.70. The Morgan fingerprint density at radius 3 is 2.20 bits per heavy atom. The van der Waals surface area contributed by atoms with Crippen molar-refractivity contribution in [3.63, 3.8) is 0 Å². The molecular weight excluding hydrogens is 431 g/mol. The van der Waals surface area contributed by atoms with Crippen LogP contribution in [0.5, 0.6) is 0 Å². The molecule has 2 aromatic rings. The van der Waals surface area contributed by atoms with Gasteiger partial charge in [-0.05, 0) is 37.8 Å². The minimum absolute atomic E-state index is 0.276. The van der Waals surface area contributed by atoms with Crippen LogP contribution < -0.4 is 5.32 Å². The molecule has 0 radical (unpaired) electrons. The van der Waals surface area contributed by atoms with Gasteiger partial charge in [-0.2, -0.15) is 4.31 Å². The molecule has 4 rings (SSSR count). The summed E-state index contributed by atoms with van der Waals surface area (Å²) in [6, 6.07) is -0.628. The van der Waals surface area contributed by atoms with Gasteiger partial charge < -0.3 is 9.88 Å². The highest BCUT2D eigenvalue weighted by Gasteiger charge is 2.60. The fourth-order valence-corrected chi connectivity index (χ4v) is 5.96. The number of nitrogens with zero attached hydrogens (tertiary/aromatic N) is 3. The Morgan fingerprint density at radius 2 is 1.67 bits per heavy atom. The maximum atomic E-state index is 14.4. The number of benzene rings is 1. The summed E-state index contributed by atoms with van der Waals surface area (Å²) in [4.78, 5) is 2.22. The molecule has 0 bridgehead atoms. The molecule has 6 nitrogen and oxygen atoms in total. The number of rotatable bonds is 5. The first-order valence-electron chi connectivity index (χ1n) is 9.30. The van der Waals surface area contributed by atoms with Gasteiger partial charge in [0.05, 0.1) is 6.54 Å². The number of nitrogens with one attached hydrogen (secondary N) is 1. The van der Waals surface area contributed by atoms with Crippen molar-refractivity contribution in [1.82, 2.24) is 19.2 Å². The SMILES string of the molecule is Cn1ccnc1CN(C1CC12CCNCC2)S(=O)(=O)c1c(F)c(F)c(F)c(F)c1F. The molecule has 2 heterocycles. The summed E-state index contributed by atoms with van der Waals surface area (Å²) in [5.74, 6) is -11.4. The zero-order valence-electron chi connectivity index (χ0n) is 15.9. The molecule has 30 heavy (non-hydrogen) atoms. The van der Waals surface area contributed by atoms with E-state index < -0.39 is 55.5 Å². The van der Waals surface area contributed by atoms with Crippen molar-refractivity contribution in [3.05, 3.63) is 47.3 Å². The Bertz CT molecular complexity index is 1070. The van der Waals surface area contributed by atoms with E-state index >= 15 is 0 Å². The summed E-state index contributed by atoms with van der Waals surface area (Å²) in [7, 11) is -3.46. The number of aryl methyl sites for hydroxylation is 1. The van der Waals surface area contributed by atoms with Crippen LogP contribution in [0.25, 0.3) is 0 Å². The first kappa shape index (κ1) is 21.2. The largest absolute Gasteiger partial charge is 0.337 e. The molecule has 1 saturated heterocycles. The zero-order chi connectivity index (χ0) is 21.8. The lowest BCUT2D eigenvalue weighted by Gasteiger charge is -2.29. The minimum atomic E-state index is -5.07. The molecule has 2 fully saturated rings. The number of sulfonamides is 1. The van der Waals surface area contributed by atoms with Crippen molar-refractivity contribution < 1.29 is 30.4 Å². The van der Waals surface area contributed by atoms with Crippen LogP contribution in [0.1, 0.15) is 25.1 Å². The van der Waals surface area contributed by atoms with E-state index in [4.69, 9.17) is 0 Å². The lowest BCUT2D eigenvalue weighted by atomic mass is 9.94. The molecule has 1 atom stereocenters. The third kappa shape index (κ3) is 3.21. The summed E-state index contributed by atoms with van der Waals surface area (Å²) >= 11 is 0. The fraction of sp³-hybridized carbons (Fsp3) is 0.500. The van der Waals surface area contributed by atoms with Gasteiger partial charge in [0.1, 0.15) is 5.82 Å². The Morgan fingerprint density at radius 1 is 1.10 bits per heavy atom. The van der Waals surface area contributed by atoms with Crippen LogP contribution in [0.15, 0.2) is 17.3 Å². The van der Waals surface area contributed by atoms with Gasteiger partial charge in [-0.25, -0.2) is 35.4 Å². The van der Waals surface area contributed by atoms with E-state index in [2.05, 4.69) is 10.3 Å². The second kappa shape index (κ2) is 7.27. The molecule has 0 amide bonds. The van der Waals surface area contributed by atoms with Gasteiger partial charge in [-0.15, -0.1) is 0 Å². The third-order valence-corrected chi connectivity index (χ3v) is 7.92. The predicted octanol–water partition coefficient (Wildman–Crippen LogP) is 2.45. The highest BCUT2D eigenvalue weighted by Crippen LogP contribution is 2.57. The molecule has 1 aliphatic carbocycles. The van der Waals surface area contributed by atoms with Gasteiger partial charge in [0.2, 0.25) is 15.8 Å². The lowest BCUT2D eigenvalue weighted by Crippen LogP contribution is -2.40. The molecule has 1 unspecified atom stereocenters. The topological polar surface area (TPSA) is 67.2 Å². The van der Waals surface area contributed by atoms with Crippen molar-refractivity contribution >= 4 is 10.0 Å². The standard InChI is InChI=1S/C18H19F5N4O2S/c1-26-7-6-25-11(26)9-27(10-8-18(10)2-4-24-5-3-18)30(28,29)17-15(22)13(20)12(19)14(21)16(17)23/h6-7,10,24H,2-5,8-9H2,1H3. The van der Waals surface area contributed by atoms with Crippen molar-refractivity contribution in [2.24, 2.45) is 12.5 Å². The van der Waals surface area contributed by atoms with Crippen LogP contribution in [0.3, 0.4) is 0 Å². The first-order chi connectivity index (χ1) is 14.1. The molecule has 1 aliphatic heterocycles. The van der Waals surface area contributed by atoms with E-state index in [1.165, 1.54) is 10.8 Å². The molecule has 12 heteroatoms. The van der Waals surface area contributed by atoms with Crippen LogP contribution in [0.4, 0.5) is 22.0 Å². The maximum absolute atomic E-state index is 14.4. The summed E-state index contributed by atoms with van der Waals surface area (Å²) in [5, 5.41) is 3.16. The third-order valence-electron chi connectivity index (χ3n) is 6.05. The quantitative estimate of drug-likeness (QED) is 0.432. The van der Waals surface area contributed by atoms with Crippen molar-refractivity contribution in [2.75, 3.05) is 13.1 Å².